The molecule has 9 heteroatoms. The van der Waals surface area contributed by atoms with E-state index in [-0.39, 0.29) is 18.4 Å². The first kappa shape index (κ1) is 17.2. The van der Waals surface area contributed by atoms with Crippen molar-refractivity contribution in [2.45, 2.75) is 32.8 Å². The fourth-order valence-corrected chi connectivity index (χ4v) is 2.69. The van der Waals surface area contributed by atoms with Gasteiger partial charge in [-0.2, -0.15) is 0 Å². The van der Waals surface area contributed by atoms with Gasteiger partial charge in [-0.25, -0.2) is 9.37 Å². The number of benzene rings is 1. The molecule has 0 bridgehead atoms. The van der Waals surface area contributed by atoms with Gasteiger partial charge in [0.05, 0.1) is 18.6 Å². The molecule has 0 spiro atoms. The van der Waals surface area contributed by atoms with E-state index in [9.17, 15) is 22.4 Å². The Balaban J connectivity index is 1.87. The van der Waals surface area contributed by atoms with E-state index in [1.54, 1.807) is 9.47 Å². The van der Waals surface area contributed by atoms with Crippen LogP contribution in [0, 0.1) is 5.82 Å². The molecule has 0 atom stereocenters. The lowest BCUT2D eigenvalue weighted by atomic mass is 10.1. The highest BCUT2D eigenvalue weighted by Crippen LogP contribution is 2.31. The zero-order valence-electron chi connectivity index (χ0n) is 13.3. The molecule has 134 valence electrons. The zero-order chi connectivity index (χ0) is 18.2. The van der Waals surface area contributed by atoms with Gasteiger partial charge in [0.1, 0.15) is 0 Å². The molecule has 0 unspecified atom stereocenters. The van der Waals surface area contributed by atoms with Crippen LogP contribution in [0.5, 0.6) is 5.75 Å². The molecule has 0 fully saturated rings. The van der Waals surface area contributed by atoms with Crippen molar-refractivity contribution >= 4 is 5.91 Å². The number of fused-ring (bicyclic) bond motifs is 1. The number of aromatic nitrogens is 2. The normalized spacial score (nSPS) is 14.1. The van der Waals surface area contributed by atoms with Gasteiger partial charge < -0.3 is 14.2 Å². The standard InChI is InChI=1S/C16H15F4N3O2/c1-2-3-6-22-9-23-12(8-21-14(23)15(22)24)10-4-5-13(11(17)7-10)25-16(18,19)20/h4-5,7-8H,2-3,6,9H2,1H3. The van der Waals surface area contributed by atoms with Gasteiger partial charge >= 0.3 is 6.36 Å². The van der Waals surface area contributed by atoms with E-state index in [1.165, 1.54) is 12.3 Å². The summed E-state index contributed by atoms with van der Waals surface area (Å²) < 4.78 is 55.8. The Bertz CT molecular complexity index is 801. The van der Waals surface area contributed by atoms with E-state index in [1.807, 2.05) is 6.92 Å². The lowest BCUT2D eigenvalue weighted by Crippen LogP contribution is -2.25. The number of carbonyl (C=O) groups is 1. The number of unbranched alkanes of at least 4 members (excludes halogenated alkanes) is 1. The van der Waals surface area contributed by atoms with Crippen LogP contribution in [0.3, 0.4) is 0 Å². The van der Waals surface area contributed by atoms with Gasteiger partial charge in [0.15, 0.2) is 11.6 Å². The number of hydrogen-bond acceptors (Lipinski definition) is 3. The number of amides is 1. The summed E-state index contributed by atoms with van der Waals surface area (Å²) in [5, 5.41) is 0. The van der Waals surface area contributed by atoms with Crippen LogP contribution in [-0.4, -0.2) is 33.3 Å². The van der Waals surface area contributed by atoms with E-state index in [4.69, 9.17) is 0 Å². The minimum atomic E-state index is -4.97. The maximum Gasteiger partial charge on any atom is 0.573 e. The van der Waals surface area contributed by atoms with Gasteiger partial charge in [-0.3, -0.25) is 4.79 Å². The van der Waals surface area contributed by atoms with Crippen molar-refractivity contribution in [3.63, 3.8) is 0 Å². The van der Waals surface area contributed by atoms with Crippen LogP contribution in [0.1, 0.15) is 30.4 Å². The molecule has 0 saturated heterocycles. The molecular formula is C16H15F4N3O2. The molecule has 0 aliphatic carbocycles. The Kier molecular flexibility index (Phi) is 4.40. The van der Waals surface area contributed by atoms with Gasteiger partial charge in [-0.15, -0.1) is 13.2 Å². The first-order valence-electron chi connectivity index (χ1n) is 7.70. The smallest absolute Gasteiger partial charge is 0.403 e. The second kappa shape index (κ2) is 6.38. The molecule has 5 nitrogen and oxygen atoms in total. The quantitative estimate of drug-likeness (QED) is 0.765. The number of ether oxygens (including phenoxy) is 1. The lowest BCUT2D eigenvalue weighted by molar-refractivity contribution is -0.275. The summed E-state index contributed by atoms with van der Waals surface area (Å²) in [6, 6.07) is 3.14. The highest BCUT2D eigenvalue weighted by Gasteiger charge is 2.33. The van der Waals surface area contributed by atoms with Crippen molar-refractivity contribution < 1.29 is 27.1 Å². The van der Waals surface area contributed by atoms with Crippen molar-refractivity contribution in [2.24, 2.45) is 0 Å². The van der Waals surface area contributed by atoms with Crippen LogP contribution in [0.4, 0.5) is 17.6 Å². The molecular weight excluding hydrogens is 342 g/mol. The molecule has 0 N–H and O–H groups in total. The summed E-state index contributed by atoms with van der Waals surface area (Å²) in [4.78, 5) is 17.9. The molecule has 25 heavy (non-hydrogen) atoms. The van der Waals surface area contributed by atoms with Crippen LogP contribution in [0.2, 0.25) is 0 Å². The predicted octanol–water partition coefficient (Wildman–Crippen LogP) is 3.80. The first-order valence-corrected chi connectivity index (χ1v) is 7.70. The van der Waals surface area contributed by atoms with Crippen molar-refractivity contribution in [3.05, 3.63) is 36.0 Å². The van der Waals surface area contributed by atoms with Gasteiger partial charge in [0.25, 0.3) is 5.91 Å². The second-order valence-corrected chi connectivity index (χ2v) is 5.65. The Morgan fingerprint density at radius 3 is 2.72 bits per heavy atom. The molecule has 1 aromatic carbocycles. The zero-order valence-corrected chi connectivity index (χ0v) is 13.3. The Morgan fingerprint density at radius 2 is 2.08 bits per heavy atom. The van der Waals surface area contributed by atoms with Crippen LogP contribution < -0.4 is 4.74 Å². The highest BCUT2D eigenvalue weighted by molar-refractivity contribution is 5.93. The average molecular weight is 357 g/mol. The van der Waals surface area contributed by atoms with Gasteiger partial charge in [0.2, 0.25) is 5.82 Å². The lowest BCUT2D eigenvalue weighted by Gasteiger charge is -2.15. The van der Waals surface area contributed by atoms with Crippen LogP contribution in [-0.2, 0) is 6.67 Å². The summed E-state index contributed by atoms with van der Waals surface area (Å²) in [6.45, 7) is 2.88. The summed E-state index contributed by atoms with van der Waals surface area (Å²) in [5.74, 6) is -2.02. The predicted molar refractivity (Wildman–Crippen MR) is 80.2 cm³/mol. The molecule has 2 heterocycles. The van der Waals surface area contributed by atoms with Crippen molar-refractivity contribution in [3.8, 4) is 17.0 Å². The Hall–Kier alpha value is -2.58. The van der Waals surface area contributed by atoms with Gasteiger partial charge in [-0.05, 0) is 24.6 Å². The highest BCUT2D eigenvalue weighted by atomic mass is 19.4. The number of hydrogen-bond donors (Lipinski definition) is 0. The SMILES string of the molecule is CCCCN1Cn2c(-c3ccc(OC(F)(F)F)c(F)c3)cnc2C1=O. The van der Waals surface area contributed by atoms with E-state index in [2.05, 4.69) is 9.72 Å². The van der Waals surface area contributed by atoms with Crippen molar-refractivity contribution in [1.29, 1.82) is 0 Å². The van der Waals surface area contributed by atoms with Gasteiger partial charge in [0, 0.05) is 12.1 Å². The maximum absolute atomic E-state index is 13.9. The molecule has 2 aromatic rings. The molecule has 1 aromatic heterocycles. The van der Waals surface area contributed by atoms with E-state index >= 15 is 0 Å². The number of alkyl halides is 3. The number of carbonyl (C=O) groups excluding carboxylic acids is 1. The van der Waals surface area contributed by atoms with Crippen molar-refractivity contribution in [1.82, 2.24) is 14.5 Å². The van der Waals surface area contributed by atoms with Crippen LogP contribution in [0.25, 0.3) is 11.3 Å². The molecule has 1 aliphatic rings. The van der Waals surface area contributed by atoms with Gasteiger partial charge in [-0.1, -0.05) is 13.3 Å². The fraction of sp³-hybridized carbons (Fsp3) is 0.375. The third-order valence-corrected chi connectivity index (χ3v) is 3.88. The molecule has 0 saturated carbocycles. The largest absolute Gasteiger partial charge is 0.573 e. The third-order valence-electron chi connectivity index (χ3n) is 3.88. The molecule has 3 rings (SSSR count). The summed E-state index contributed by atoms with van der Waals surface area (Å²) in [5.41, 5.74) is 0.774. The fourth-order valence-electron chi connectivity index (χ4n) is 2.69. The number of rotatable bonds is 5. The molecule has 1 aliphatic heterocycles. The summed E-state index contributed by atoms with van der Waals surface area (Å²) in [6.07, 6.45) is -1.77. The first-order chi connectivity index (χ1) is 11.8. The Morgan fingerprint density at radius 1 is 1.32 bits per heavy atom. The number of nitrogens with zero attached hydrogens (tertiary/aromatic N) is 3. The summed E-state index contributed by atoms with van der Waals surface area (Å²) in [7, 11) is 0. The number of imidazole rings is 1. The number of halogens is 4. The summed E-state index contributed by atoms with van der Waals surface area (Å²) >= 11 is 0. The van der Waals surface area contributed by atoms with E-state index in [0.29, 0.717) is 17.8 Å². The van der Waals surface area contributed by atoms with Crippen LogP contribution in [0.15, 0.2) is 24.4 Å². The topological polar surface area (TPSA) is 47.4 Å². The van der Waals surface area contributed by atoms with E-state index < -0.39 is 17.9 Å². The minimum Gasteiger partial charge on any atom is -0.403 e. The molecule has 0 radical (unpaired) electrons. The second-order valence-electron chi connectivity index (χ2n) is 5.65. The maximum atomic E-state index is 13.9. The Labute approximate surface area is 140 Å². The third kappa shape index (κ3) is 3.45. The monoisotopic (exact) mass is 357 g/mol. The minimum absolute atomic E-state index is 0.211. The average Bonchev–Trinajstić information content (AvgIpc) is 3.07. The van der Waals surface area contributed by atoms with Crippen LogP contribution >= 0.6 is 0 Å². The molecule has 1 amide bonds. The van der Waals surface area contributed by atoms with Crippen molar-refractivity contribution in [2.75, 3.05) is 6.54 Å². The van der Waals surface area contributed by atoms with E-state index in [0.717, 1.165) is 25.0 Å².